The third kappa shape index (κ3) is 3.86. The Bertz CT molecular complexity index is 988. The number of fused-ring (bicyclic) bond motifs is 1. The topological polar surface area (TPSA) is 102 Å². The summed E-state index contributed by atoms with van der Waals surface area (Å²) >= 11 is 1.50. The highest BCUT2D eigenvalue weighted by atomic mass is 32.1. The first-order chi connectivity index (χ1) is 12.0. The summed E-state index contributed by atoms with van der Waals surface area (Å²) < 4.78 is 3.03. The van der Waals surface area contributed by atoms with Crippen LogP contribution in [0.15, 0.2) is 53.6 Å². The van der Waals surface area contributed by atoms with Gasteiger partial charge in [-0.25, -0.2) is 10.2 Å². The maximum absolute atomic E-state index is 12.2. The number of thiazole rings is 1. The fraction of sp³-hybridized carbons (Fsp3) is 0.118. The van der Waals surface area contributed by atoms with E-state index in [-0.39, 0.29) is 5.91 Å². The number of aromatic nitrogens is 1. The van der Waals surface area contributed by atoms with Crippen molar-refractivity contribution in [2.45, 2.75) is 6.54 Å². The van der Waals surface area contributed by atoms with E-state index >= 15 is 0 Å². The number of urea groups is 1. The fourth-order valence-corrected chi connectivity index (χ4v) is 3.29. The molecule has 0 atom stereocenters. The smallest absolute Gasteiger partial charge is 0.312 e. The SMILES string of the molecule is Cn1/c(=N\NC(=O)c2ccc(CNC(N)=O)cc2)sc2ccccc21. The van der Waals surface area contributed by atoms with Crippen LogP contribution >= 0.6 is 11.3 Å². The van der Waals surface area contributed by atoms with E-state index in [0.717, 1.165) is 15.8 Å². The molecular formula is C17H17N5O2S. The first-order valence-corrected chi connectivity index (χ1v) is 8.37. The number of hydrogen-bond acceptors (Lipinski definition) is 4. The highest BCUT2D eigenvalue weighted by Gasteiger charge is 2.06. The molecule has 4 N–H and O–H groups in total. The van der Waals surface area contributed by atoms with Crippen molar-refractivity contribution >= 4 is 33.5 Å². The average molecular weight is 355 g/mol. The van der Waals surface area contributed by atoms with Crippen LogP contribution in [0, 0.1) is 0 Å². The predicted molar refractivity (Wildman–Crippen MR) is 96.7 cm³/mol. The van der Waals surface area contributed by atoms with Gasteiger partial charge in [0.1, 0.15) is 0 Å². The number of nitrogens with one attached hydrogen (secondary N) is 2. The molecule has 3 aromatic rings. The Morgan fingerprint density at radius 3 is 2.56 bits per heavy atom. The van der Waals surface area contributed by atoms with E-state index in [2.05, 4.69) is 15.8 Å². The molecule has 0 aliphatic carbocycles. The van der Waals surface area contributed by atoms with Crippen LogP contribution in [0.5, 0.6) is 0 Å². The van der Waals surface area contributed by atoms with E-state index < -0.39 is 6.03 Å². The van der Waals surface area contributed by atoms with Gasteiger partial charge in [0, 0.05) is 19.2 Å². The van der Waals surface area contributed by atoms with Crippen LogP contribution < -0.4 is 21.3 Å². The Balaban J connectivity index is 1.73. The van der Waals surface area contributed by atoms with E-state index in [1.807, 2.05) is 35.9 Å². The third-order valence-corrected chi connectivity index (χ3v) is 4.76. The number of benzene rings is 2. The Morgan fingerprint density at radius 1 is 1.16 bits per heavy atom. The Kier molecular flexibility index (Phi) is 4.80. The summed E-state index contributed by atoms with van der Waals surface area (Å²) in [5.74, 6) is -0.299. The van der Waals surface area contributed by atoms with Gasteiger partial charge < -0.3 is 15.6 Å². The lowest BCUT2D eigenvalue weighted by Crippen LogP contribution is -2.28. The first kappa shape index (κ1) is 16.7. The molecule has 0 fully saturated rings. The van der Waals surface area contributed by atoms with Gasteiger partial charge in [-0.1, -0.05) is 35.6 Å². The Hall–Kier alpha value is -3.13. The first-order valence-electron chi connectivity index (χ1n) is 7.55. The number of carbonyl (C=O) groups excluding carboxylic acids is 2. The summed E-state index contributed by atoms with van der Waals surface area (Å²) in [6, 6.07) is 14.2. The third-order valence-electron chi connectivity index (χ3n) is 3.65. The minimum absolute atomic E-state index is 0.299. The Labute approximate surface area is 147 Å². The zero-order valence-corrected chi connectivity index (χ0v) is 14.3. The summed E-state index contributed by atoms with van der Waals surface area (Å²) in [5, 5.41) is 6.70. The number of amides is 3. The number of aryl methyl sites for hydroxylation is 1. The van der Waals surface area contributed by atoms with Crippen molar-refractivity contribution in [2.24, 2.45) is 17.9 Å². The monoisotopic (exact) mass is 355 g/mol. The van der Waals surface area contributed by atoms with Crippen molar-refractivity contribution in [1.82, 2.24) is 15.3 Å². The largest absolute Gasteiger partial charge is 0.352 e. The predicted octanol–water partition coefficient (Wildman–Crippen LogP) is 1.65. The number of hydrogen-bond donors (Lipinski definition) is 3. The number of nitrogens with zero attached hydrogens (tertiary/aromatic N) is 2. The van der Waals surface area contributed by atoms with Crippen LogP contribution in [0.3, 0.4) is 0 Å². The molecule has 0 unspecified atom stereocenters. The van der Waals surface area contributed by atoms with Crippen molar-refractivity contribution in [3.63, 3.8) is 0 Å². The quantitative estimate of drug-likeness (QED) is 0.620. The molecule has 1 aromatic heterocycles. The van der Waals surface area contributed by atoms with Gasteiger partial charge in [-0.05, 0) is 29.8 Å². The highest BCUT2D eigenvalue weighted by molar-refractivity contribution is 7.16. The van der Waals surface area contributed by atoms with Crippen molar-refractivity contribution in [1.29, 1.82) is 0 Å². The summed E-state index contributed by atoms with van der Waals surface area (Å²) in [6.45, 7) is 0.319. The summed E-state index contributed by atoms with van der Waals surface area (Å²) in [6.07, 6.45) is 0. The van der Waals surface area contributed by atoms with E-state index in [1.165, 1.54) is 11.3 Å². The van der Waals surface area contributed by atoms with Crippen LogP contribution in [0.2, 0.25) is 0 Å². The molecule has 7 nitrogen and oxygen atoms in total. The molecule has 0 aliphatic heterocycles. The molecule has 3 amide bonds. The zero-order valence-electron chi connectivity index (χ0n) is 13.5. The van der Waals surface area contributed by atoms with Gasteiger partial charge in [0.2, 0.25) is 4.80 Å². The number of para-hydroxylation sites is 1. The minimum atomic E-state index is -0.586. The van der Waals surface area contributed by atoms with Crippen molar-refractivity contribution in [2.75, 3.05) is 0 Å². The van der Waals surface area contributed by atoms with Crippen molar-refractivity contribution in [3.8, 4) is 0 Å². The van der Waals surface area contributed by atoms with Crippen LogP contribution in [-0.4, -0.2) is 16.5 Å². The highest BCUT2D eigenvalue weighted by Crippen LogP contribution is 2.14. The second kappa shape index (κ2) is 7.18. The molecule has 0 bridgehead atoms. The summed E-state index contributed by atoms with van der Waals surface area (Å²) in [7, 11) is 1.91. The second-order valence-corrected chi connectivity index (χ2v) is 6.39. The maximum atomic E-state index is 12.2. The van der Waals surface area contributed by atoms with E-state index in [0.29, 0.717) is 16.9 Å². The molecule has 3 rings (SSSR count). The van der Waals surface area contributed by atoms with Crippen LogP contribution in [0.4, 0.5) is 4.79 Å². The average Bonchev–Trinajstić information content (AvgIpc) is 2.94. The van der Waals surface area contributed by atoms with Gasteiger partial charge in [0.05, 0.1) is 10.2 Å². The van der Waals surface area contributed by atoms with E-state index in [1.54, 1.807) is 24.3 Å². The molecule has 2 aromatic carbocycles. The standard InChI is InChI=1S/C17H17N5O2S/c1-22-13-4-2-3-5-14(13)25-17(22)21-20-15(23)12-8-6-11(7-9-12)10-19-16(18)24/h2-9H,10H2,1H3,(H,20,23)(H3,18,19,24)/b21-17+. The molecular weight excluding hydrogens is 338 g/mol. The molecule has 0 aliphatic rings. The lowest BCUT2D eigenvalue weighted by molar-refractivity contribution is 0.0953. The lowest BCUT2D eigenvalue weighted by atomic mass is 10.1. The summed E-state index contributed by atoms with van der Waals surface area (Å²) in [4.78, 5) is 23.6. The summed E-state index contributed by atoms with van der Waals surface area (Å²) in [5.41, 5.74) is 9.99. The molecule has 0 saturated heterocycles. The maximum Gasteiger partial charge on any atom is 0.312 e. The zero-order chi connectivity index (χ0) is 17.8. The fourth-order valence-electron chi connectivity index (χ4n) is 2.31. The number of rotatable bonds is 4. The molecule has 0 spiro atoms. The molecule has 128 valence electrons. The molecule has 8 heteroatoms. The van der Waals surface area contributed by atoms with Gasteiger partial charge in [0.15, 0.2) is 0 Å². The number of primary amides is 1. The van der Waals surface area contributed by atoms with E-state index in [4.69, 9.17) is 5.73 Å². The minimum Gasteiger partial charge on any atom is -0.352 e. The van der Waals surface area contributed by atoms with Crippen LogP contribution in [0.1, 0.15) is 15.9 Å². The molecule has 0 radical (unpaired) electrons. The normalized spacial score (nSPS) is 11.5. The number of carbonyl (C=O) groups is 2. The number of nitrogens with two attached hydrogens (primary N) is 1. The van der Waals surface area contributed by atoms with Crippen LogP contribution in [0.25, 0.3) is 10.2 Å². The van der Waals surface area contributed by atoms with Gasteiger partial charge in [0.25, 0.3) is 5.91 Å². The lowest BCUT2D eigenvalue weighted by Gasteiger charge is -2.04. The van der Waals surface area contributed by atoms with Crippen molar-refractivity contribution < 1.29 is 9.59 Å². The Morgan fingerprint density at radius 2 is 1.88 bits per heavy atom. The van der Waals surface area contributed by atoms with Gasteiger partial charge in [-0.15, -0.1) is 5.10 Å². The van der Waals surface area contributed by atoms with E-state index in [9.17, 15) is 9.59 Å². The van der Waals surface area contributed by atoms with Crippen molar-refractivity contribution in [3.05, 3.63) is 64.5 Å². The van der Waals surface area contributed by atoms with Gasteiger partial charge >= 0.3 is 6.03 Å². The molecule has 1 heterocycles. The molecule has 25 heavy (non-hydrogen) atoms. The van der Waals surface area contributed by atoms with Crippen LogP contribution in [-0.2, 0) is 13.6 Å². The second-order valence-electron chi connectivity index (χ2n) is 5.38. The molecule has 0 saturated carbocycles. The van der Waals surface area contributed by atoms with Gasteiger partial charge in [-0.3, -0.25) is 4.79 Å². The van der Waals surface area contributed by atoms with Gasteiger partial charge in [-0.2, -0.15) is 0 Å².